The maximum atomic E-state index is 12.7. The SMILES string of the molecule is COc1ccc(-[n+]2noc([O-])c2C(=O)/C=C/c2cc(OC)c(OC)c(OC)c2)cc1. The van der Waals surface area contributed by atoms with Crippen LogP contribution in [0.15, 0.2) is 47.0 Å². The highest BCUT2D eigenvalue weighted by molar-refractivity contribution is 6.05. The second-order valence-corrected chi connectivity index (χ2v) is 5.98. The molecule has 0 atom stereocenters. The molecule has 2 aromatic carbocycles. The molecule has 0 bridgehead atoms. The number of carbonyl (C=O) groups excluding carboxylic acids is 1. The van der Waals surface area contributed by atoms with Crippen molar-refractivity contribution in [1.29, 1.82) is 0 Å². The second-order valence-electron chi connectivity index (χ2n) is 5.98. The average Bonchev–Trinajstić information content (AvgIpc) is 3.17. The first kappa shape index (κ1) is 20.7. The molecule has 1 heterocycles. The summed E-state index contributed by atoms with van der Waals surface area (Å²) in [5, 5.41) is 15.8. The van der Waals surface area contributed by atoms with Crippen LogP contribution in [0.5, 0.6) is 28.9 Å². The number of methoxy groups -OCH3 is 4. The number of ether oxygens (including phenoxy) is 4. The number of carbonyl (C=O) groups is 1. The Labute approximate surface area is 172 Å². The van der Waals surface area contributed by atoms with Gasteiger partial charge in [0.15, 0.2) is 17.4 Å². The molecule has 30 heavy (non-hydrogen) atoms. The van der Waals surface area contributed by atoms with Crippen LogP contribution >= 0.6 is 0 Å². The standard InChI is InChI=1S/C21H20N2O7/c1-26-15-8-6-14(7-9-15)23-19(21(25)30-22-23)16(24)10-5-13-11-17(27-2)20(29-4)18(12-13)28-3/h5-12H,1-4H3/b10-5+. The van der Waals surface area contributed by atoms with E-state index in [1.165, 1.54) is 40.6 Å². The van der Waals surface area contributed by atoms with Crippen LogP contribution in [-0.2, 0) is 0 Å². The Morgan fingerprint density at radius 2 is 1.63 bits per heavy atom. The largest absolute Gasteiger partial charge is 0.539 e. The first-order valence-electron chi connectivity index (χ1n) is 8.78. The zero-order valence-corrected chi connectivity index (χ0v) is 16.9. The Bertz CT molecular complexity index is 1050. The predicted octanol–water partition coefficient (Wildman–Crippen LogP) is 1.96. The highest BCUT2D eigenvalue weighted by Gasteiger charge is 2.26. The number of nitrogens with zero attached hydrogens (tertiary/aromatic N) is 2. The summed E-state index contributed by atoms with van der Waals surface area (Å²) in [5.41, 5.74) is 0.854. The molecule has 0 aliphatic carbocycles. The molecular weight excluding hydrogens is 392 g/mol. The van der Waals surface area contributed by atoms with Crippen molar-refractivity contribution in [3.05, 3.63) is 53.7 Å². The van der Waals surface area contributed by atoms with Gasteiger partial charge in [0.05, 0.1) is 33.7 Å². The van der Waals surface area contributed by atoms with Crippen molar-refractivity contribution in [2.75, 3.05) is 28.4 Å². The van der Waals surface area contributed by atoms with Crippen LogP contribution in [0.2, 0.25) is 0 Å². The van der Waals surface area contributed by atoms with E-state index in [2.05, 4.69) is 5.27 Å². The predicted molar refractivity (Wildman–Crippen MR) is 103 cm³/mol. The van der Waals surface area contributed by atoms with Gasteiger partial charge in [-0.15, -0.1) is 0 Å². The van der Waals surface area contributed by atoms with Gasteiger partial charge in [-0.3, -0.25) is 4.79 Å². The molecule has 0 radical (unpaired) electrons. The van der Waals surface area contributed by atoms with Crippen LogP contribution in [0.4, 0.5) is 0 Å². The van der Waals surface area contributed by atoms with Crippen molar-refractivity contribution in [2.24, 2.45) is 0 Å². The highest BCUT2D eigenvalue weighted by atomic mass is 16.6. The second kappa shape index (κ2) is 8.99. The van der Waals surface area contributed by atoms with Gasteiger partial charge in [-0.1, -0.05) is 6.08 Å². The minimum atomic E-state index is -0.842. The fourth-order valence-electron chi connectivity index (χ4n) is 2.80. The van der Waals surface area contributed by atoms with Gasteiger partial charge in [-0.2, -0.15) is 0 Å². The van der Waals surface area contributed by atoms with Gasteiger partial charge in [-0.25, -0.2) is 0 Å². The van der Waals surface area contributed by atoms with Crippen molar-refractivity contribution in [3.63, 3.8) is 0 Å². The van der Waals surface area contributed by atoms with Crippen LogP contribution < -0.4 is 28.7 Å². The summed E-state index contributed by atoms with van der Waals surface area (Å²) in [5.74, 6) is 0.511. The van der Waals surface area contributed by atoms with E-state index in [1.54, 1.807) is 36.4 Å². The molecule has 156 valence electrons. The maximum absolute atomic E-state index is 12.7. The maximum Gasteiger partial charge on any atom is 0.310 e. The summed E-state index contributed by atoms with van der Waals surface area (Å²) in [4.78, 5) is 12.7. The van der Waals surface area contributed by atoms with Crippen molar-refractivity contribution in [2.45, 2.75) is 0 Å². The third-order valence-electron chi connectivity index (χ3n) is 4.28. The van der Waals surface area contributed by atoms with Crippen molar-refractivity contribution < 1.29 is 38.1 Å². The van der Waals surface area contributed by atoms with E-state index in [-0.39, 0.29) is 5.69 Å². The molecule has 9 heteroatoms. The molecule has 3 aromatic rings. The van der Waals surface area contributed by atoms with Gasteiger partial charge in [0.1, 0.15) is 5.75 Å². The molecular formula is C21H20N2O7. The quantitative estimate of drug-likeness (QED) is 0.314. The summed E-state index contributed by atoms with van der Waals surface area (Å²) in [6.07, 6.45) is 2.77. The van der Waals surface area contributed by atoms with Gasteiger partial charge >= 0.3 is 5.69 Å². The number of ketones is 1. The fraction of sp³-hybridized carbons (Fsp3) is 0.190. The summed E-state index contributed by atoms with van der Waals surface area (Å²) >= 11 is 0. The topological polar surface area (TPSA) is 107 Å². The van der Waals surface area contributed by atoms with Gasteiger partial charge < -0.3 is 28.6 Å². The number of allylic oxidation sites excluding steroid dienone is 1. The third-order valence-corrected chi connectivity index (χ3v) is 4.28. The fourth-order valence-corrected chi connectivity index (χ4v) is 2.80. The molecule has 0 saturated heterocycles. The minimum Gasteiger partial charge on any atom is -0.539 e. The Hall–Kier alpha value is -4.01. The smallest absolute Gasteiger partial charge is 0.310 e. The Morgan fingerprint density at radius 3 is 2.17 bits per heavy atom. The number of hydrogen-bond donors (Lipinski definition) is 0. The number of rotatable bonds is 8. The Kier molecular flexibility index (Phi) is 6.21. The van der Waals surface area contributed by atoms with Crippen LogP contribution in [0.25, 0.3) is 11.8 Å². The van der Waals surface area contributed by atoms with Crippen LogP contribution in [0.1, 0.15) is 16.1 Å². The first-order valence-corrected chi connectivity index (χ1v) is 8.78. The van der Waals surface area contributed by atoms with E-state index in [9.17, 15) is 9.90 Å². The normalized spacial score (nSPS) is 10.8. The molecule has 0 spiro atoms. The number of benzene rings is 2. The van der Waals surface area contributed by atoms with Crippen LogP contribution in [-0.4, -0.2) is 39.5 Å². The van der Waals surface area contributed by atoms with E-state index < -0.39 is 11.7 Å². The lowest BCUT2D eigenvalue weighted by atomic mass is 10.1. The molecule has 0 saturated carbocycles. The minimum absolute atomic E-state index is 0.233. The first-order chi connectivity index (χ1) is 14.5. The molecule has 1 aromatic heterocycles. The average molecular weight is 412 g/mol. The van der Waals surface area contributed by atoms with E-state index in [1.807, 2.05) is 0 Å². The Balaban J connectivity index is 1.93. The number of hydrogen-bond acceptors (Lipinski definition) is 8. The molecule has 3 rings (SSSR count). The lowest BCUT2D eigenvalue weighted by Crippen LogP contribution is -2.38. The molecule has 0 unspecified atom stereocenters. The van der Waals surface area contributed by atoms with Gasteiger partial charge in [0, 0.05) is 12.1 Å². The molecule has 0 fully saturated rings. The van der Waals surface area contributed by atoms with E-state index in [4.69, 9.17) is 23.5 Å². The van der Waals surface area contributed by atoms with Crippen molar-refractivity contribution in [1.82, 2.24) is 5.27 Å². The van der Waals surface area contributed by atoms with Crippen molar-refractivity contribution >= 4 is 11.9 Å². The third kappa shape index (κ3) is 4.04. The Morgan fingerprint density at radius 1 is 1.00 bits per heavy atom. The van der Waals surface area contributed by atoms with Crippen molar-refractivity contribution in [3.8, 4) is 34.6 Å². The lowest BCUT2D eigenvalue weighted by molar-refractivity contribution is -0.672. The number of aromatic nitrogens is 2. The summed E-state index contributed by atoms with van der Waals surface area (Å²) in [6, 6.07) is 10.0. The molecule has 0 amide bonds. The molecule has 0 aliphatic rings. The van der Waals surface area contributed by atoms with Crippen LogP contribution in [0.3, 0.4) is 0 Å². The van der Waals surface area contributed by atoms with Crippen LogP contribution in [0, 0.1) is 0 Å². The van der Waals surface area contributed by atoms with E-state index in [0.29, 0.717) is 34.2 Å². The molecule has 9 nitrogen and oxygen atoms in total. The highest BCUT2D eigenvalue weighted by Crippen LogP contribution is 2.38. The summed E-state index contributed by atoms with van der Waals surface area (Å²) < 4.78 is 26.8. The van der Waals surface area contributed by atoms with Gasteiger partial charge in [0.2, 0.25) is 11.4 Å². The lowest BCUT2D eigenvalue weighted by Gasteiger charge is -2.12. The summed E-state index contributed by atoms with van der Waals surface area (Å²) in [7, 11) is 6.03. The molecule has 0 N–H and O–H groups in total. The van der Waals surface area contributed by atoms with E-state index in [0.717, 1.165) is 4.68 Å². The zero-order chi connectivity index (χ0) is 21.7. The monoisotopic (exact) mass is 412 g/mol. The zero-order valence-electron chi connectivity index (χ0n) is 16.9. The van der Waals surface area contributed by atoms with Gasteiger partial charge in [0.25, 0.3) is 5.78 Å². The molecule has 0 aliphatic heterocycles. The van der Waals surface area contributed by atoms with Gasteiger partial charge in [-0.05, 0) is 40.6 Å². The summed E-state index contributed by atoms with van der Waals surface area (Å²) in [6.45, 7) is 0. The van der Waals surface area contributed by atoms with E-state index >= 15 is 0 Å².